The first-order chi connectivity index (χ1) is 36.6. The molecule has 13 rings (SSSR count). The number of rotatable bonds is 12. The van der Waals surface area contributed by atoms with Crippen molar-refractivity contribution in [2.45, 2.75) is 198 Å². The molecule has 0 spiro atoms. The van der Waals surface area contributed by atoms with E-state index >= 15 is 0 Å². The second-order valence-electron chi connectivity index (χ2n) is 26.1. The fraction of sp³-hybridized carbons (Fsp3) is 0.606. The monoisotopic (exact) mass is 989 g/mol. The number of nitrogens with zero attached hydrogens (tertiary/aromatic N) is 2. The molecule has 11 unspecified atom stereocenters. The van der Waals surface area contributed by atoms with Gasteiger partial charge in [-0.05, 0) is 242 Å². The minimum Gasteiger partial charge on any atom is -0.490 e. The Balaban J connectivity index is 0.797. The highest BCUT2D eigenvalue weighted by Gasteiger charge is 2.65. The van der Waals surface area contributed by atoms with Crippen molar-refractivity contribution in [3.63, 3.8) is 0 Å². The maximum absolute atomic E-state index is 6.81. The van der Waals surface area contributed by atoms with Crippen molar-refractivity contribution < 1.29 is 4.74 Å². The van der Waals surface area contributed by atoms with Gasteiger partial charge in [-0.2, -0.15) is 0 Å². The summed E-state index contributed by atoms with van der Waals surface area (Å²) >= 11 is 0. The highest BCUT2D eigenvalue weighted by Crippen LogP contribution is 2.71. The van der Waals surface area contributed by atoms with Crippen LogP contribution in [0.15, 0.2) is 151 Å². The quantitative estimate of drug-likeness (QED) is 0.194. The molecule has 3 heteroatoms. The number of hydrogen-bond donors (Lipinski definition) is 0. The first kappa shape index (κ1) is 49.3. The first-order valence-electron chi connectivity index (χ1n) is 31.4. The lowest BCUT2D eigenvalue weighted by Crippen LogP contribution is -2.52. The van der Waals surface area contributed by atoms with Crippen LogP contribution in [0.25, 0.3) is 6.08 Å². The molecule has 0 aromatic heterocycles. The second kappa shape index (κ2) is 21.6. The summed E-state index contributed by atoms with van der Waals surface area (Å²) in [4.78, 5) is 5.94. The van der Waals surface area contributed by atoms with Crippen LogP contribution in [0.1, 0.15) is 179 Å². The van der Waals surface area contributed by atoms with Crippen LogP contribution in [0.2, 0.25) is 0 Å². The summed E-state index contributed by atoms with van der Waals surface area (Å²) in [5.74, 6) is 8.98. The van der Waals surface area contributed by atoms with Crippen LogP contribution in [0.3, 0.4) is 0 Å². The third-order valence-electron chi connectivity index (χ3n) is 22.8. The van der Waals surface area contributed by atoms with E-state index in [1.54, 1.807) is 22.5 Å². The van der Waals surface area contributed by atoms with Gasteiger partial charge in [0.25, 0.3) is 0 Å². The highest BCUT2D eigenvalue weighted by molar-refractivity contribution is 5.49. The lowest BCUT2D eigenvalue weighted by Gasteiger charge is -2.57. The van der Waals surface area contributed by atoms with E-state index in [0.717, 1.165) is 47.7 Å². The summed E-state index contributed by atoms with van der Waals surface area (Å²) in [6.45, 7) is 8.16. The maximum Gasteiger partial charge on any atom is 0.119 e. The van der Waals surface area contributed by atoms with Crippen LogP contribution in [-0.4, -0.2) is 34.0 Å². The zero-order valence-electron chi connectivity index (χ0n) is 45.4. The molecule has 0 bridgehead atoms. The van der Waals surface area contributed by atoms with Gasteiger partial charge in [0, 0.05) is 47.1 Å². The lowest BCUT2D eigenvalue weighted by molar-refractivity contribution is -0.0782. The molecule has 0 N–H and O–H groups in total. The Morgan fingerprint density at radius 1 is 0.635 bits per heavy atom. The van der Waals surface area contributed by atoms with Crippen LogP contribution in [0, 0.1) is 70.5 Å². The van der Waals surface area contributed by atoms with Gasteiger partial charge >= 0.3 is 0 Å². The van der Waals surface area contributed by atoms with Crippen molar-refractivity contribution in [2.75, 3.05) is 0 Å². The molecule has 1 heterocycles. The third kappa shape index (κ3) is 9.14. The topological polar surface area (TPSA) is 15.7 Å². The van der Waals surface area contributed by atoms with Gasteiger partial charge in [0.15, 0.2) is 0 Å². The number of fused-ring (bicyclic) bond motifs is 5. The average Bonchev–Trinajstić information content (AvgIpc) is 3.97. The van der Waals surface area contributed by atoms with E-state index in [1.165, 1.54) is 178 Å². The molecule has 74 heavy (non-hydrogen) atoms. The van der Waals surface area contributed by atoms with E-state index in [1.807, 2.05) is 6.08 Å². The summed E-state index contributed by atoms with van der Waals surface area (Å²) in [5.41, 5.74) is 9.89. The zero-order valence-corrected chi connectivity index (χ0v) is 45.4. The van der Waals surface area contributed by atoms with Crippen LogP contribution in [0.5, 0.6) is 5.75 Å². The number of hydrogen-bond acceptors (Lipinski definition) is 3. The molecule has 1 aromatic carbocycles. The fourth-order valence-corrected chi connectivity index (χ4v) is 19.4. The van der Waals surface area contributed by atoms with Crippen molar-refractivity contribution in [2.24, 2.45) is 70.5 Å². The van der Waals surface area contributed by atoms with Gasteiger partial charge in [-0.25, -0.2) is 0 Å². The van der Waals surface area contributed by atoms with Crippen molar-refractivity contribution in [1.29, 1.82) is 0 Å². The van der Waals surface area contributed by atoms with Crippen molar-refractivity contribution in [3.05, 3.63) is 156 Å². The van der Waals surface area contributed by atoms with E-state index in [9.17, 15) is 0 Å². The molecule has 0 saturated heterocycles. The van der Waals surface area contributed by atoms with Gasteiger partial charge in [-0.1, -0.05) is 129 Å². The summed E-state index contributed by atoms with van der Waals surface area (Å²) in [6.07, 6.45) is 74.9. The zero-order chi connectivity index (χ0) is 49.6. The second-order valence-corrected chi connectivity index (χ2v) is 26.1. The fourth-order valence-electron chi connectivity index (χ4n) is 19.4. The SMILES string of the molecule is C=Cc1ccc(OC2CCC(C3(C4CCCCC4)C4CCC=CC4C4C=CC(N(C5=CCC(C6=CC7=C(CC6)N(C6CCC(C=C)CC6)C6=CCCCC67)C=C5)C5C=CC(C6CC=CCC6)CC5)CC43)CC2)cc1. The molecule has 4 fully saturated rings. The number of allylic oxidation sites excluding steroid dienone is 15. The molecular weight excluding hydrogens is 897 g/mol. The lowest BCUT2D eigenvalue weighted by atomic mass is 9.49. The molecule has 11 aliphatic carbocycles. The molecule has 4 saturated carbocycles. The summed E-state index contributed by atoms with van der Waals surface area (Å²) < 4.78 is 6.81. The van der Waals surface area contributed by atoms with E-state index in [2.05, 4.69) is 132 Å². The van der Waals surface area contributed by atoms with Crippen LogP contribution >= 0.6 is 0 Å². The predicted octanol–water partition coefficient (Wildman–Crippen LogP) is 18.2. The summed E-state index contributed by atoms with van der Waals surface area (Å²) in [7, 11) is 0. The minimum absolute atomic E-state index is 0.323. The molecule has 1 aliphatic heterocycles. The maximum atomic E-state index is 6.81. The van der Waals surface area contributed by atoms with Gasteiger partial charge < -0.3 is 14.5 Å². The van der Waals surface area contributed by atoms with Crippen LogP contribution in [-0.2, 0) is 0 Å². The van der Waals surface area contributed by atoms with Crippen LogP contribution < -0.4 is 4.74 Å². The molecule has 0 amide bonds. The minimum atomic E-state index is 0.323. The standard InChI is InChI=1S/C71H92N2O/c1-3-49-23-34-59(35-24-49)73-69-22-14-12-20-65(69)66-47-54(31-46-70(66)73)53-29-38-58(39-30-53)72(57-36-27-52(28-37-57)51-15-7-5-8-16-51)60-40-45-64-63-19-11-13-21-67(63)71(68(64)48-60,55-17-9-6-10-18-55)56-32-43-62(44-33-56)74-61-41-25-50(4-2)26-42-61/h3-5,7,11,19,22,25-27,29,36,38-42,45,47,49,51-53,55-57,59-60,62-65,67-68H,1-2,6,8-10,12-18,20-21,23-24,28,30-35,37,43-44,46,48H2. The van der Waals surface area contributed by atoms with Gasteiger partial charge in [-0.3, -0.25) is 0 Å². The number of benzene rings is 1. The van der Waals surface area contributed by atoms with E-state index in [4.69, 9.17) is 4.74 Å². The summed E-state index contributed by atoms with van der Waals surface area (Å²) in [6, 6.07) is 10.2. The molecule has 3 nitrogen and oxygen atoms in total. The Labute approximate surface area is 448 Å². The van der Waals surface area contributed by atoms with Gasteiger partial charge in [0.1, 0.15) is 5.75 Å². The number of ether oxygens (including phenoxy) is 1. The Morgan fingerprint density at radius 2 is 1.45 bits per heavy atom. The molecule has 0 radical (unpaired) electrons. The first-order valence-corrected chi connectivity index (χ1v) is 31.4. The van der Waals surface area contributed by atoms with E-state index in [-0.39, 0.29) is 0 Å². The Bertz CT molecular complexity index is 2480. The molecular formula is C71H92N2O. The molecule has 12 aliphatic rings. The van der Waals surface area contributed by atoms with Crippen LogP contribution in [0.4, 0.5) is 0 Å². The normalized spacial score (nSPS) is 39.8. The van der Waals surface area contributed by atoms with Crippen molar-refractivity contribution in [1.82, 2.24) is 9.80 Å². The summed E-state index contributed by atoms with van der Waals surface area (Å²) in [5, 5.41) is 0. The predicted molar refractivity (Wildman–Crippen MR) is 309 cm³/mol. The van der Waals surface area contributed by atoms with Crippen molar-refractivity contribution >= 4 is 6.08 Å². The molecule has 392 valence electrons. The third-order valence-corrected chi connectivity index (χ3v) is 22.8. The molecule has 1 aromatic rings. The Kier molecular flexibility index (Phi) is 14.4. The Hall–Kier alpha value is -4.24. The van der Waals surface area contributed by atoms with E-state index in [0.29, 0.717) is 59.2 Å². The smallest absolute Gasteiger partial charge is 0.119 e. The average molecular weight is 990 g/mol. The molecule has 11 atom stereocenters. The van der Waals surface area contributed by atoms with E-state index < -0.39 is 0 Å². The van der Waals surface area contributed by atoms with Gasteiger partial charge in [0.05, 0.1) is 6.10 Å². The highest BCUT2D eigenvalue weighted by atomic mass is 16.5. The van der Waals surface area contributed by atoms with Gasteiger partial charge in [0.2, 0.25) is 0 Å². The van der Waals surface area contributed by atoms with Crippen molar-refractivity contribution in [3.8, 4) is 5.75 Å². The largest absolute Gasteiger partial charge is 0.490 e. The Morgan fingerprint density at radius 3 is 2.20 bits per heavy atom. The van der Waals surface area contributed by atoms with Gasteiger partial charge in [-0.15, -0.1) is 6.58 Å².